The highest BCUT2D eigenvalue weighted by atomic mass is 35.5. The molecular weight excluding hydrogens is 381 g/mol. The fraction of sp³-hybridized carbons (Fsp3) is 0.667. The summed E-state index contributed by atoms with van der Waals surface area (Å²) >= 11 is 0. The maximum atomic E-state index is 12.6. The molecule has 1 aliphatic heterocycles. The minimum atomic E-state index is -0.427. The molecule has 0 aliphatic carbocycles. The molecule has 2 rings (SSSR count). The summed E-state index contributed by atoms with van der Waals surface area (Å²) in [5, 5.41) is 3.10. The van der Waals surface area contributed by atoms with E-state index < -0.39 is 5.41 Å². The number of nitrogens with zero attached hydrogens (tertiary/aromatic N) is 1. The molecule has 1 heterocycles. The predicted octanol–water partition coefficient (Wildman–Crippen LogP) is 4.29. The van der Waals surface area contributed by atoms with E-state index in [0.29, 0.717) is 13.1 Å². The van der Waals surface area contributed by atoms with Crippen molar-refractivity contribution in [3.8, 4) is 0 Å². The number of carbonyl (C=O) groups excluding carboxylic acids is 1. The van der Waals surface area contributed by atoms with Crippen molar-refractivity contribution in [1.29, 1.82) is 0 Å². The van der Waals surface area contributed by atoms with Crippen LogP contribution in [-0.2, 0) is 17.9 Å². The standard InChI is InChI=1S/C21H35N3O.2ClH/c1-3-21(4-2,17-22)20(25)23-15-18-10-9-11-19(14-18)16-24-12-7-5-6-8-13-24;;/h9-11,14H,3-8,12-13,15-17,22H2,1-2H3,(H,23,25);2*1H. The first-order chi connectivity index (χ1) is 12.1. The zero-order valence-electron chi connectivity index (χ0n) is 16.8. The molecule has 1 aromatic carbocycles. The molecule has 1 aromatic rings. The Bertz CT molecular complexity index is 534. The summed E-state index contributed by atoms with van der Waals surface area (Å²) in [5.41, 5.74) is 7.95. The van der Waals surface area contributed by atoms with Crippen molar-refractivity contribution in [2.45, 2.75) is 65.5 Å². The van der Waals surface area contributed by atoms with Gasteiger partial charge in [-0.1, -0.05) is 51.0 Å². The monoisotopic (exact) mass is 417 g/mol. The van der Waals surface area contributed by atoms with Crippen molar-refractivity contribution in [3.63, 3.8) is 0 Å². The first kappa shape index (κ1) is 26.2. The van der Waals surface area contributed by atoms with E-state index in [1.54, 1.807) is 0 Å². The van der Waals surface area contributed by atoms with E-state index in [2.05, 4.69) is 34.5 Å². The second kappa shape index (κ2) is 13.4. The quantitative estimate of drug-likeness (QED) is 0.662. The number of nitrogens with one attached hydrogen (secondary N) is 1. The summed E-state index contributed by atoms with van der Waals surface area (Å²) in [6, 6.07) is 8.62. The Morgan fingerprint density at radius 1 is 1.07 bits per heavy atom. The molecule has 1 fully saturated rings. The van der Waals surface area contributed by atoms with Crippen molar-refractivity contribution in [1.82, 2.24) is 10.2 Å². The number of likely N-dealkylation sites (tertiary alicyclic amines) is 1. The molecule has 0 atom stereocenters. The third kappa shape index (κ3) is 7.61. The lowest BCUT2D eigenvalue weighted by molar-refractivity contribution is -0.131. The van der Waals surface area contributed by atoms with Gasteiger partial charge in [-0.3, -0.25) is 9.69 Å². The van der Waals surface area contributed by atoms with Crippen molar-refractivity contribution in [3.05, 3.63) is 35.4 Å². The maximum Gasteiger partial charge on any atom is 0.227 e. The van der Waals surface area contributed by atoms with Gasteiger partial charge in [0.1, 0.15) is 0 Å². The van der Waals surface area contributed by atoms with Crippen LogP contribution in [0.25, 0.3) is 0 Å². The van der Waals surface area contributed by atoms with E-state index in [1.807, 2.05) is 13.8 Å². The molecule has 0 radical (unpaired) electrons. The first-order valence-electron chi connectivity index (χ1n) is 9.92. The van der Waals surface area contributed by atoms with Gasteiger partial charge in [-0.2, -0.15) is 0 Å². The Kier molecular flexibility index (Phi) is 13.0. The highest BCUT2D eigenvalue weighted by Crippen LogP contribution is 2.25. The van der Waals surface area contributed by atoms with E-state index in [4.69, 9.17) is 5.73 Å². The molecular formula is C21H37Cl2N3O. The van der Waals surface area contributed by atoms with Gasteiger partial charge in [0.15, 0.2) is 0 Å². The molecule has 156 valence electrons. The van der Waals surface area contributed by atoms with Gasteiger partial charge >= 0.3 is 0 Å². The molecule has 27 heavy (non-hydrogen) atoms. The van der Waals surface area contributed by atoms with Crippen LogP contribution < -0.4 is 11.1 Å². The van der Waals surface area contributed by atoms with Crippen LogP contribution in [0, 0.1) is 5.41 Å². The Balaban J connectivity index is 0.00000338. The van der Waals surface area contributed by atoms with Crippen molar-refractivity contribution in [2.75, 3.05) is 19.6 Å². The zero-order valence-corrected chi connectivity index (χ0v) is 18.5. The van der Waals surface area contributed by atoms with E-state index >= 15 is 0 Å². The fourth-order valence-corrected chi connectivity index (χ4v) is 3.71. The van der Waals surface area contributed by atoms with E-state index in [9.17, 15) is 4.79 Å². The van der Waals surface area contributed by atoms with Gasteiger partial charge < -0.3 is 11.1 Å². The number of hydrogen-bond acceptors (Lipinski definition) is 3. The molecule has 0 saturated carbocycles. The number of hydrogen-bond donors (Lipinski definition) is 2. The number of nitrogens with two attached hydrogens (primary N) is 1. The lowest BCUT2D eigenvalue weighted by atomic mass is 9.81. The van der Waals surface area contributed by atoms with Gasteiger partial charge in [0.25, 0.3) is 0 Å². The average molecular weight is 418 g/mol. The molecule has 0 spiro atoms. The van der Waals surface area contributed by atoms with Crippen LogP contribution in [0.3, 0.4) is 0 Å². The van der Waals surface area contributed by atoms with Gasteiger partial charge in [-0.05, 0) is 49.9 Å². The van der Waals surface area contributed by atoms with E-state index in [0.717, 1.165) is 19.4 Å². The van der Waals surface area contributed by atoms with Crippen molar-refractivity contribution >= 4 is 30.7 Å². The molecule has 0 aromatic heterocycles. The molecule has 6 heteroatoms. The van der Waals surface area contributed by atoms with Crippen LogP contribution in [0.15, 0.2) is 24.3 Å². The largest absolute Gasteiger partial charge is 0.352 e. The SMILES string of the molecule is CCC(CC)(CN)C(=O)NCc1cccc(CN2CCCCCC2)c1.Cl.Cl. The number of rotatable bonds is 8. The topological polar surface area (TPSA) is 58.4 Å². The van der Waals surface area contributed by atoms with E-state index in [-0.39, 0.29) is 30.7 Å². The normalized spacial score (nSPS) is 15.2. The number of carbonyl (C=O) groups is 1. The van der Waals surface area contributed by atoms with Crippen LogP contribution in [0.2, 0.25) is 0 Å². The maximum absolute atomic E-state index is 12.6. The van der Waals surface area contributed by atoms with E-state index in [1.165, 1.54) is 49.9 Å². The molecule has 0 unspecified atom stereocenters. The lowest BCUT2D eigenvalue weighted by Gasteiger charge is -2.28. The summed E-state index contributed by atoms with van der Waals surface area (Å²) in [6.45, 7) is 8.48. The number of halogens is 2. The Morgan fingerprint density at radius 3 is 2.22 bits per heavy atom. The van der Waals surface area contributed by atoms with Crippen LogP contribution in [0.1, 0.15) is 63.5 Å². The van der Waals surface area contributed by atoms with Gasteiger partial charge in [0.05, 0.1) is 5.41 Å². The summed E-state index contributed by atoms with van der Waals surface area (Å²) in [4.78, 5) is 15.1. The highest BCUT2D eigenvalue weighted by Gasteiger charge is 2.32. The van der Waals surface area contributed by atoms with Crippen LogP contribution in [0.5, 0.6) is 0 Å². The minimum absolute atomic E-state index is 0. The van der Waals surface area contributed by atoms with Gasteiger partial charge in [0.2, 0.25) is 5.91 Å². The van der Waals surface area contributed by atoms with Crippen molar-refractivity contribution in [2.24, 2.45) is 11.1 Å². The second-order valence-electron chi connectivity index (χ2n) is 7.38. The predicted molar refractivity (Wildman–Crippen MR) is 119 cm³/mol. The fourth-order valence-electron chi connectivity index (χ4n) is 3.71. The minimum Gasteiger partial charge on any atom is -0.352 e. The summed E-state index contributed by atoms with van der Waals surface area (Å²) < 4.78 is 0. The van der Waals surface area contributed by atoms with Gasteiger partial charge in [-0.25, -0.2) is 0 Å². The molecule has 0 bridgehead atoms. The Morgan fingerprint density at radius 2 is 1.67 bits per heavy atom. The molecule has 1 saturated heterocycles. The third-order valence-electron chi connectivity index (χ3n) is 5.78. The number of benzene rings is 1. The number of amides is 1. The molecule has 1 amide bonds. The molecule has 3 N–H and O–H groups in total. The van der Waals surface area contributed by atoms with Crippen LogP contribution in [0.4, 0.5) is 0 Å². The molecule has 4 nitrogen and oxygen atoms in total. The summed E-state index contributed by atoms with van der Waals surface area (Å²) in [6.07, 6.45) is 6.90. The van der Waals surface area contributed by atoms with Crippen molar-refractivity contribution < 1.29 is 4.79 Å². The first-order valence-corrected chi connectivity index (χ1v) is 9.92. The summed E-state index contributed by atoms with van der Waals surface area (Å²) in [7, 11) is 0. The Labute approximate surface area is 177 Å². The lowest BCUT2D eigenvalue weighted by Crippen LogP contribution is -2.45. The zero-order chi connectivity index (χ0) is 18.1. The van der Waals surface area contributed by atoms with Crippen LogP contribution >= 0.6 is 24.8 Å². The third-order valence-corrected chi connectivity index (χ3v) is 5.78. The van der Waals surface area contributed by atoms with Crippen LogP contribution in [-0.4, -0.2) is 30.4 Å². The molecule has 1 aliphatic rings. The van der Waals surface area contributed by atoms with Gasteiger partial charge in [0, 0.05) is 19.6 Å². The average Bonchev–Trinajstić information content (AvgIpc) is 2.91. The Hall–Kier alpha value is -0.810. The summed E-state index contributed by atoms with van der Waals surface area (Å²) in [5.74, 6) is 0.0814. The second-order valence-corrected chi connectivity index (χ2v) is 7.38. The van der Waals surface area contributed by atoms with Gasteiger partial charge in [-0.15, -0.1) is 24.8 Å². The smallest absolute Gasteiger partial charge is 0.227 e. The highest BCUT2D eigenvalue weighted by molar-refractivity contribution is 5.85.